The van der Waals surface area contributed by atoms with Crippen LogP contribution in [0.3, 0.4) is 0 Å². The fraction of sp³-hybridized carbons (Fsp3) is 0.545. The van der Waals surface area contributed by atoms with Gasteiger partial charge < -0.3 is 18.9 Å². The van der Waals surface area contributed by atoms with E-state index in [1.54, 1.807) is 7.11 Å². The lowest BCUT2D eigenvalue weighted by Crippen LogP contribution is -2.28. The van der Waals surface area contributed by atoms with Gasteiger partial charge in [0.2, 0.25) is 5.76 Å². The smallest absolute Gasteiger partial charge is 0.292 e. The van der Waals surface area contributed by atoms with Crippen molar-refractivity contribution in [1.82, 2.24) is 10.1 Å². The molecule has 1 unspecified atom stereocenters. The number of aromatic nitrogens is 1. The van der Waals surface area contributed by atoms with Gasteiger partial charge in [0.05, 0.1) is 18.9 Å². The first-order valence-electron chi connectivity index (χ1n) is 10.1. The molecule has 6 heteroatoms. The molecule has 0 spiro atoms. The van der Waals surface area contributed by atoms with Gasteiger partial charge in [0.25, 0.3) is 5.91 Å². The van der Waals surface area contributed by atoms with Crippen molar-refractivity contribution in [2.75, 3.05) is 20.2 Å². The molecule has 6 nitrogen and oxygen atoms in total. The van der Waals surface area contributed by atoms with Gasteiger partial charge in [0, 0.05) is 24.6 Å². The average Bonchev–Trinajstić information content (AvgIpc) is 3.44. The van der Waals surface area contributed by atoms with Crippen molar-refractivity contribution < 1.29 is 18.8 Å². The summed E-state index contributed by atoms with van der Waals surface area (Å²) in [4.78, 5) is 14.7. The standard InChI is InChI=1S/C22H28N2O4/c1-14-15(2)23-28-21(14)22(25)24-11-10-17(13-24)16-8-9-19(26-3)20(12-16)27-18-6-4-5-7-18/h8-9,12,17-18H,4-7,10-11,13H2,1-3H3. The predicted molar refractivity (Wildman–Crippen MR) is 105 cm³/mol. The van der Waals surface area contributed by atoms with Crippen LogP contribution in [0.25, 0.3) is 0 Å². The topological polar surface area (TPSA) is 64.8 Å². The Morgan fingerprint density at radius 2 is 1.96 bits per heavy atom. The van der Waals surface area contributed by atoms with Crippen molar-refractivity contribution in [3.63, 3.8) is 0 Å². The summed E-state index contributed by atoms with van der Waals surface area (Å²) in [5.74, 6) is 2.16. The largest absolute Gasteiger partial charge is 0.493 e. The molecule has 2 aromatic rings. The molecule has 1 saturated carbocycles. The minimum Gasteiger partial charge on any atom is -0.493 e. The lowest BCUT2D eigenvalue weighted by molar-refractivity contribution is 0.0748. The maximum absolute atomic E-state index is 12.8. The van der Waals surface area contributed by atoms with Gasteiger partial charge in [-0.2, -0.15) is 0 Å². The SMILES string of the molecule is COc1ccc(C2CCN(C(=O)c3onc(C)c3C)C2)cc1OC1CCCC1. The molecular weight excluding hydrogens is 356 g/mol. The molecule has 0 bridgehead atoms. The average molecular weight is 384 g/mol. The van der Waals surface area contributed by atoms with Crippen LogP contribution in [0.4, 0.5) is 0 Å². The summed E-state index contributed by atoms with van der Waals surface area (Å²) in [5.41, 5.74) is 2.78. The fourth-order valence-corrected chi connectivity index (χ4v) is 4.20. The predicted octanol–water partition coefficient (Wildman–Crippen LogP) is 4.25. The lowest BCUT2D eigenvalue weighted by Gasteiger charge is -2.19. The number of carbonyl (C=O) groups is 1. The molecule has 0 N–H and O–H groups in total. The fourth-order valence-electron chi connectivity index (χ4n) is 4.20. The first kappa shape index (κ1) is 18.8. The van der Waals surface area contributed by atoms with Gasteiger partial charge in [-0.25, -0.2) is 0 Å². The summed E-state index contributed by atoms with van der Waals surface area (Å²) < 4.78 is 17.0. The summed E-state index contributed by atoms with van der Waals surface area (Å²) in [5, 5.41) is 3.91. The second kappa shape index (κ2) is 7.86. The van der Waals surface area contributed by atoms with Crippen LogP contribution in [0.15, 0.2) is 22.7 Å². The van der Waals surface area contributed by atoms with E-state index in [1.165, 1.54) is 18.4 Å². The van der Waals surface area contributed by atoms with E-state index in [0.717, 1.165) is 42.0 Å². The third-order valence-electron chi connectivity index (χ3n) is 6.08. The third-order valence-corrected chi connectivity index (χ3v) is 6.08. The first-order valence-corrected chi connectivity index (χ1v) is 10.1. The monoisotopic (exact) mass is 384 g/mol. The maximum atomic E-state index is 12.8. The van der Waals surface area contributed by atoms with E-state index >= 15 is 0 Å². The Hall–Kier alpha value is -2.50. The quantitative estimate of drug-likeness (QED) is 0.771. The number of nitrogens with zero attached hydrogens (tertiary/aromatic N) is 2. The molecule has 4 rings (SSSR count). The van der Waals surface area contributed by atoms with E-state index in [2.05, 4.69) is 17.3 Å². The van der Waals surface area contributed by atoms with Crippen LogP contribution in [-0.2, 0) is 0 Å². The van der Waals surface area contributed by atoms with Crippen LogP contribution >= 0.6 is 0 Å². The second-order valence-corrected chi connectivity index (χ2v) is 7.89. The Kier molecular flexibility index (Phi) is 5.29. The van der Waals surface area contributed by atoms with Crippen LogP contribution in [0.5, 0.6) is 11.5 Å². The summed E-state index contributed by atoms with van der Waals surface area (Å²) in [6.07, 6.45) is 5.88. The first-order chi connectivity index (χ1) is 13.6. The lowest BCUT2D eigenvalue weighted by atomic mass is 9.98. The number of ether oxygens (including phenoxy) is 2. The molecule has 150 valence electrons. The Morgan fingerprint density at radius 3 is 2.64 bits per heavy atom. The third kappa shape index (κ3) is 3.60. The summed E-state index contributed by atoms with van der Waals surface area (Å²) in [7, 11) is 1.67. The molecule has 2 fully saturated rings. The van der Waals surface area contributed by atoms with Crippen molar-refractivity contribution in [2.24, 2.45) is 0 Å². The number of rotatable bonds is 5. The minimum absolute atomic E-state index is 0.0726. The van der Waals surface area contributed by atoms with Crippen LogP contribution < -0.4 is 9.47 Å². The van der Waals surface area contributed by atoms with E-state index in [0.29, 0.717) is 18.8 Å². The van der Waals surface area contributed by atoms with Gasteiger partial charge >= 0.3 is 0 Å². The van der Waals surface area contributed by atoms with Crippen LogP contribution in [0.1, 0.15) is 65.4 Å². The van der Waals surface area contributed by atoms with Gasteiger partial charge in [-0.3, -0.25) is 4.79 Å². The summed E-state index contributed by atoms with van der Waals surface area (Å²) in [6, 6.07) is 6.16. The van der Waals surface area contributed by atoms with E-state index < -0.39 is 0 Å². The number of aryl methyl sites for hydroxylation is 1. The van der Waals surface area contributed by atoms with E-state index in [9.17, 15) is 4.79 Å². The van der Waals surface area contributed by atoms with Gasteiger partial charge in [0.1, 0.15) is 0 Å². The Labute approximate surface area is 165 Å². The zero-order chi connectivity index (χ0) is 19.7. The van der Waals surface area contributed by atoms with Gasteiger partial charge in [0.15, 0.2) is 11.5 Å². The highest BCUT2D eigenvalue weighted by Crippen LogP contribution is 2.37. The number of methoxy groups -OCH3 is 1. The van der Waals surface area contributed by atoms with Crippen LogP contribution in [0, 0.1) is 13.8 Å². The number of carbonyl (C=O) groups excluding carboxylic acids is 1. The molecule has 0 radical (unpaired) electrons. The van der Waals surface area contributed by atoms with Crippen LogP contribution in [0.2, 0.25) is 0 Å². The number of benzene rings is 1. The van der Waals surface area contributed by atoms with E-state index in [-0.39, 0.29) is 17.9 Å². The molecule has 1 aliphatic heterocycles. The maximum Gasteiger partial charge on any atom is 0.292 e. The number of hydrogen-bond donors (Lipinski definition) is 0. The minimum atomic E-state index is -0.0726. The molecule has 1 atom stereocenters. The van der Waals surface area contributed by atoms with Crippen molar-refractivity contribution in [3.8, 4) is 11.5 Å². The molecule has 1 aromatic carbocycles. The van der Waals surface area contributed by atoms with Crippen molar-refractivity contribution >= 4 is 5.91 Å². The molecule has 1 aliphatic carbocycles. The Morgan fingerprint density at radius 1 is 1.18 bits per heavy atom. The zero-order valence-corrected chi connectivity index (χ0v) is 16.9. The molecule has 1 amide bonds. The zero-order valence-electron chi connectivity index (χ0n) is 16.9. The highest BCUT2D eigenvalue weighted by atomic mass is 16.5. The Balaban J connectivity index is 1.48. The molecule has 2 aliphatic rings. The number of likely N-dealkylation sites (tertiary alicyclic amines) is 1. The van der Waals surface area contributed by atoms with Crippen molar-refractivity contribution in [1.29, 1.82) is 0 Å². The molecule has 1 aromatic heterocycles. The molecular formula is C22H28N2O4. The number of amides is 1. The molecule has 2 heterocycles. The summed E-state index contributed by atoms with van der Waals surface area (Å²) >= 11 is 0. The van der Waals surface area contributed by atoms with E-state index in [1.807, 2.05) is 24.8 Å². The Bertz CT molecular complexity index is 854. The van der Waals surface area contributed by atoms with Crippen molar-refractivity contribution in [2.45, 2.75) is 58.0 Å². The van der Waals surface area contributed by atoms with Gasteiger partial charge in [-0.05, 0) is 63.6 Å². The van der Waals surface area contributed by atoms with Crippen molar-refractivity contribution in [3.05, 3.63) is 40.8 Å². The summed E-state index contributed by atoms with van der Waals surface area (Å²) in [6.45, 7) is 5.12. The van der Waals surface area contributed by atoms with Gasteiger partial charge in [-0.1, -0.05) is 11.2 Å². The number of hydrogen-bond acceptors (Lipinski definition) is 5. The molecule has 1 saturated heterocycles. The highest BCUT2D eigenvalue weighted by Gasteiger charge is 2.31. The van der Waals surface area contributed by atoms with Crippen LogP contribution in [-0.4, -0.2) is 42.3 Å². The molecule has 28 heavy (non-hydrogen) atoms. The van der Waals surface area contributed by atoms with E-state index in [4.69, 9.17) is 14.0 Å². The second-order valence-electron chi connectivity index (χ2n) is 7.89. The van der Waals surface area contributed by atoms with Gasteiger partial charge in [-0.15, -0.1) is 0 Å². The normalized spacial score (nSPS) is 20.0. The highest BCUT2D eigenvalue weighted by molar-refractivity contribution is 5.93.